The minimum absolute atomic E-state index is 0.140. The molecule has 0 spiro atoms. The Morgan fingerprint density at radius 1 is 0.704 bits per heavy atom. The molecule has 0 amide bonds. The lowest BCUT2D eigenvalue weighted by Crippen LogP contribution is -2.71. The maximum Gasteiger partial charge on any atom is 0.562 e. The van der Waals surface area contributed by atoms with Crippen molar-refractivity contribution in [2.75, 3.05) is 39.5 Å². The second-order valence-corrected chi connectivity index (χ2v) is 9.83. The van der Waals surface area contributed by atoms with Crippen LogP contribution in [0.5, 0.6) is 0 Å². The van der Waals surface area contributed by atoms with Crippen LogP contribution in [-0.2, 0) is 13.3 Å². The molecule has 0 N–H and O–H groups in total. The maximum absolute atomic E-state index is 6.52. The van der Waals surface area contributed by atoms with Gasteiger partial charge in [0.2, 0.25) is 0 Å². The van der Waals surface area contributed by atoms with E-state index in [2.05, 4.69) is 47.4 Å². The quantitative estimate of drug-likeness (QED) is 0.168. The summed E-state index contributed by atoms with van der Waals surface area (Å²) in [6.07, 6.45) is 10.9. The predicted molar refractivity (Wildman–Crippen MR) is 119 cm³/mol. The summed E-state index contributed by atoms with van der Waals surface area (Å²) < 4.78 is 20.3. The highest BCUT2D eigenvalue weighted by Crippen LogP contribution is 2.31. The Hall–Kier alpha value is -0.723. The highest BCUT2D eigenvalue weighted by Gasteiger charge is 2.59. The molecule has 0 bridgehead atoms. The van der Waals surface area contributed by atoms with E-state index in [1.807, 2.05) is 18.2 Å². The van der Waals surface area contributed by atoms with Crippen molar-refractivity contribution in [1.82, 2.24) is 0 Å². The highest BCUT2D eigenvalue weighted by molar-refractivity contribution is 6.62. The second kappa shape index (κ2) is 15.2. The van der Waals surface area contributed by atoms with Gasteiger partial charge < -0.3 is 17.8 Å². The summed E-state index contributed by atoms with van der Waals surface area (Å²) in [5.41, 5.74) is 0.140. The molecule has 158 valence electrons. The topological polar surface area (TPSA) is 27.7 Å². The molecule has 0 saturated carbocycles. The number of quaternary nitrogens is 1. The Labute approximate surface area is 169 Å². The summed E-state index contributed by atoms with van der Waals surface area (Å²) in [7, 11) is -2.93. The Balaban J connectivity index is 6.31. The molecular formula is C22H44NO3Si+. The molecule has 1 atom stereocenters. The first-order chi connectivity index (χ1) is 13.1. The third kappa shape index (κ3) is 8.04. The lowest BCUT2D eigenvalue weighted by Gasteiger charge is -2.48. The van der Waals surface area contributed by atoms with Crippen LogP contribution in [0, 0.1) is 0 Å². The molecule has 0 aromatic carbocycles. The lowest BCUT2D eigenvalue weighted by atomic mass is 10.2. The SMILES string of the molecule is C=CC[N+](CC=C)(CC=C)C(CCC)[Si](OCCC)(OCCC)OCCC. The molecule has 0 aromatic heterocycles. The van der Waals surface area contributed by atoms with Crippen LogP contribution in [0.1, 0.15) is 59.8 Å². The lowest BCUT2D eigenvalue weighted by molar-refractivity contribution is -0.927. The van der Waals surface area contributed by atoms with Crippen molar-refractivity contribution in [1.29, 1.82) is 0 Å². The van der Waals surface area contributed by atoms with Crippen LogP contribution in [-0.4, -0.2) is 58.4 Å². The van der Waals surface area contributed by atoms with Crippen molar-refractivity contribution in [2.24, 2.45) is 0 Å². The Morgan fingerprint density at radius 3 is 1.33 bits per heavy atom. The Bertz CT molecular complexity index is 366. The number of rotatable bonds is 19. The smallest absolute Gasteiger partial charge is 0.370 e. The van der Waals surface area contributed by atoms with Gasteiger partial charge in [-0.3, -0.25) is 0 Å². The van der Waals surface area contributed by atoms with E-state index < -0.39 is 8.80 Å². The molecular weight excluding hydrogens is 354 g/mol. The fraction of sp³-hybridized carbons (Fsp3) is 0.727. The van der Waals surface area contributed by atoms with Gasteiger partial charge in [-0.1, -0.05) is 53.9 Å². The van der Waals surface area contributed by atoms with Crippen LogP contribution in [0.2, 0.25) is 0 Å². The van der Waals surface area contributed by atoms with Gasteiger partial charge in [0.25, 0.3) is 0 Å². The van der Waals surface area contributed by atoms with E-state index in [4.69, 9.17) is 13.3 Å². The number of hydrogen-bond acceptors (Lipinski definition) is 3. The average Bonchev–Trinajstić information content (AvgIpc) is 2.66. The van der Waals surface area contributed by atoms with Gasteiger partial charge in [-0.05, 0) is 37.5 Å². The van der Waals surface area contributed by atoms with Gasteiger partial charge in [-0.25, -0.2) is 0 Å². The highest BCUT2D eigenvalue weighted by atomic mass is 28.4. The largest absolute Gasteiger partial charge is 0.562 e. The van der Waals surface area contributed by atoms with Crippen molar-refractivity contribution in [3.05, 3.63) is 38.0 Å². The van der Waals surface area contributed by atoms with E-state index in [9.17, 15) is 0 Å². The van der Waals surface area contributed by atoms with Gasteiger partial charge >= 0.3 is 8.80 Å². The molecule has 0 aliphatic rings. The molecule has 0 fully saturated rings. The zero-order chi connectivity index (χ0) is 20.6. The monoisotopic (exact) mass is 398 g/mol. The van der Waals surface area contributed by atoms with Gasteiger partial charge in [-0.2, -0.15) is 0 Å². The van der Waals surface area contributed by atoms with Crippen LogP contribution in [0.4, 0.5) is 0 Å². The van der Waals surface area contributed by atoms with Crippen molar-refractivity contribution in [3.8, 4) is 0 Å². The third-order valence-electron chi connectivity index (χ3n) is 4.63. The molecule has 0 saturated heterocycles. The summed E-state index contributed by atoms with van der Waals surface area (Å²) in [6, 6.07) is 0. The summed E-state index contributed by atoms with van der Waals surface area (Å²) >= 11 is 0. The molecule has 4 nitrogen and oxygen atoms in total. The van der Waals surface area contributed by atoms with E-state index in [0.717, 1.165) is 56.2 Å². The van der Waals surface area contributed by atoms with E-state index in [0.29, 0.717) is 19.8 Å². The summed E-state index contributed by atoms with van der Waals surface area (Å²) in [5.74, 6) is 0. The number of nitrogens with zero attached hydrogens (tertiary/aromatic N) is 1. The first-order valence-corrected chi connectivity index (χ1v) is 12.5. The molecule has 1 unspecified atom stereocenters. The fourth-order valence-electron chi connectivity index (χ4n) is 3.58. The molecule has 0 radical (unpaired) electrons. The van der Waals surface area contributed by atoms with Gasteiger partial charge in [0.15, 0.2) is 5.67 Å². The average molecular weight is 399 g/mol. The van der Waals surface area contributed by atoms with E-state index in [-0.39, 0.29) is 5.67 Å². The predicted octanol–water partition coefficient (Wildman–Crippen LogP) is 5.29. The second-order valence-electron chi connectivity index (χ2n) is 7.09. The number of hydrogen-bond donors (Lipinski definition) is 0. The first-order valence-electron chi connectivity index (χ1n) is 10.7. The van der Waals surface area contributed by atoms with Gasteiger partial charge in [-0.15, -0.1) is 0 Å². The van der Waals surface area contributed by atoms with Crippen LogP contribution >= 0.6 is 0 Å². The van der Waals surface area contributed by atoms with E-state index in [1.54, 1.807) is 0 Å². The standard InChI is InChI=1S/C22H44NO3Si/c1-8-15-22(23(16-9-2,17-10-3)18-11-4)27(24-19-12-5,25-20-13-6)26-21-14-7/h9-11,22H,2-4,8,12-21H2,1,5-7H3/q+1. The van der Waals surface area contributed by atoms with Crippen LogP contribution in [0.15, 0.2) is 38.0 Å². The molecule has 0 rings (SSSR count). The van der Waals surface area contributed by atoms with Crippen molar-refractivity contribution >= 4 is 8.80 Å². The molecule has 0 heterocycles. The summed E-state index contributed by atoms with van der Waals surface area (Å²) in [5, 5.41) is 0. The van der Waals surface area contributed by atoms with Crippen molar-refractivity contribution in [2.45, 2.75) is 65.5 Å². The normalized spacial score (nSPS) is 13.3. The molecule has 27 heavy (non-hydrogen) atoms. The van der Waals surface area contributed by atoms with Crippen molar-refractivity contribution in [3.63, 3.8) is 0 Å². The zero-order valence-electron chi connectivity index (χ0n) is 18.4. The summed E-state index contributed by atoms with van der Waals surface area (Å²) in [4.78, 5) is 0. The fourth-order valence-corrected chi connectivity index (χ4v) is 7.51. The third-order valence-corrected chi connectivity index (χ3v) is 8.10. The van der Waals surface area contributed by atoms with Crippen LogP contribution in [0.25, 0.3) is 0 Å². The maximum atomic E-state index is 6.52. The minimum atomic E-state index is -2.93. The molecule has 5 heteroatoms. The van der Waals surface area contributed by atoms with Crippen LogP contribution < -0.4 is 0 Å². The minimum Gasteiger partial charge on any atom is -0.370 e. The first kappa shape index (κ1) is 26.3. The van der Waals surface area contributed by atoms with Crippen LogP contribution in [0.3, 0.4) is 0 Å². The van der Waals surface area contributed by atoms with Gasteiger partial charge in [0.05, 0.1) is 19.6 Å². The Kier molecular flexibility index (Phi) is 14.8. The summed E-state index contributed by atoms with van der Waals surface area (Å²) in [6.45, 7) is 25.1. The van der Waals surface area contributed by atoms with E-state index >= 15 is 0 Å². The Morgan fingerprint density at radius 2 is 1.07 bits per heavy atom. The molecule has 0 aromatic rings. The van der Waals surface area contributed by atoms with Gasteiger partial charge in [0.1, 0.15) is 0 Å². The molecule has 0 aliphatic carbocycles. The molecule has 0 aliphatic heterocycles. The zero-order valence-corrected chi connectivity index (χ0v) is 19.4. The van der Waals surface area contributed by atoms with E-state index in [1.165, 1.54) is 0 Å². The van der Waals surface area contributed by atoms with Crippen molar-refractivity contribution < 1.29 is 17.8 Å². The van der Waals surface area contributed by atoms with Gasteiger partial charge in [0, 0.05) is 26.2 Å².